The number of nitrogens with one attached hydrogen (secondary N) is 1. The highest BCUT2D eigenvalue weighted by molar-refractivity contribution is 6.31. The molecule has 2 heterocycles. The van der Waals surface area contributed by atoms with Gasteiger partial charge < -0.3 is 15.0 Å². The molecule has 3 rings (SSSR count). The summed E-state index contributed by atoms with van der Waals surface area (Å²) in [6.07, 6.45) is 1.58. The molecule has 0 aliphatic carbocycles. The van der Waals surface area contributed by atoms with Crippen molar-refractivity contribution in [2.24, 2.45) is 0 Å². The van der Waals surface area contributed by atoms with Crippen molar-refractivity contribution >= 4 is 46.2 Å². The molecule has 118 valence electrons. The van der Waals surface area contributed by atoms with E-state index in [0.717, 1.165) is 0 Å². The first-order chi connectivity index (χ1) is 11.0. The summed E-state index contributed by atoms with van der Waals surface area (Å²) in [5.74, 6) is -0.495. The van der Waals surface area contributed by atoms with Crippen molar-refractivity contribution in [2.45, 2.75) is 6.54 Å². The summed E-state index contributed by atoms with van der Waals surface area (Å²) in [5.41, 5.74) is 1.91. The molecule has 1 aromatic carbocycles. The van der Waals surface area contributed by atoms with Crippen LogP contribution in [-0.4, -0.2) is 37.6 Å². The minimum absolute atomic E-state index is 0.0917. The average molecular weight is 352 g/mol. The van der Waals surface area contributed by atoms with Gasteiger partial charge in [0.1, 0.15) is 0 Å². The quantitative estimate of drug-likeness (QED) is 0.702. The van der Waals surface area contributed by atoms with Gasteiger partial charge in [0.05, 0.1) is 18.4 Å². The Morgan fingerprint density at radius 2 is 2.13 bits per heavy atom. The van der Waals surface area contributed by atoms with Crippen molar-refractivity contribution in [2.75, 3.05) is 12.4 Å². The smallest absolute Gasteiger partial charge is 0.335 e. The van der Waals surface area contributed by atoms with E-state index in [1.807, 2.05) is 0 Å². The van der Waals surface area contributed by atoms with E-state index in [1.165, 1.54) is 12.1 Å². The first-order valence-electron chi connectivity index (χ1n) is 6.57. The van der Waals surface area contributed by atoms with E-state index < -0.39 is 5.97 Å². The number of aromatic nitrogens is 4. The van der Waals surface area contributed by atoms with Gasteiger partial charge in [-0.05, 0) is 35.4 Å². The number of hydrogen-bond acceptors (Lipinski definition) is 5. The molecule has 3 aromatic rings. The van der Waals surface area contributed by atoms with Crippen LogP contribution in [0.25, 0.3) is 11.2 Å². The van der Waals surface area contributed by atoms with Crippen molar-refractivity contribution < 1.29 is 9.90 Å². The van der Waals surface area contributed by atoms with Gasteiger partial charge in [0, 0.05) is 12.1 Å². The molecule has 2 aromatic heterocycles. The van der Waals surface area contributed by atoms with Crippen LogP contribution in [0.5, 0.6) is 0 Å². The van der Waals surface area contributed by atoms with Crippen molar-refractivity contribution in [1.29, 1.82) is 0 Å². The van der Waals surface area contributed by atoms with Gasteiger partial charge in [-0.15, -0.1) is 0 Å². The fourth-order valence-electron chi connectivity index (χ4n) is 2.22. The van der Waals surface area contributed by atoms with Crippen LogP contribution in [0.2, 0.25) is 10.3 Å². The molecule has 23 heavy (non-hydrogen) atoms. The van der Waals surface area contributed by atoms with E-state index >= 15 is 0 Å². The van der Waals surface area contributed by atoms with E-state index in [2.05, 4.69) is 20.3 Å². The van der Waals surface area contributed by atoms with Crippen molar-refractivity contribution in [3.05, 3.63) is 46.0 Å². The number of nitrogens with zero attached hydrogens (tertiary/aromatic N) is 4. The summed E-state index contributed by atoms with van der Waals surface area (Å²) in [4.78, 5) is 23.6. The zero-order valence-corrected chi connectivity index (χ0v) is 13.4. The van der Waals surface area contributed by atoms with Crippen LogP contribution >= 0.6 is 23.2 Å². The first-order valence-corrected chi connectivity index (χ1v) is 7.33. The van der Waals surface area contributed by atoms with Gasteiger partial charge in [-0.2, -0.15) is 9.97 Å². The van der Waals surface area contributed by atoms with Gasteiger partial charge in [-0.3, -0.25) is 0 Å². The zero-order valence-electron chi connectivity index (χ0n) is 11.9. The van der Waals surface area contributed by atoms with Gasteiger partial charge >= 0.3 is 5.97 Å². The van der Waals surface area contributed by atoms with Crippen LogP contribution in [-0.2, 0) is 6.54 Å². The predicted molar refractivity (Wildman–Crippen MR) is 87.4 cm³/mol. The van der Waals surface area contributed by atoms with Gasteiger partial charge in [0.2, 0.25) is 5.28 Å². The summed E-state index contributed by atoms with van der Waals surface area (Å²) >= 11 is 12.1. The maximum absolute atomic E-state index is 11.1. The molecule has 0 atom stereocenters. The second-order valence-electron chi connectivity index (χ2n) is 4.75. The molecule has 7 nitrogen and oxygen atoms in total. The molecule has 0 amide bonds. The molecule has 0 aliphatic rings. The van der Waals surface area contributed by atoms with E-state index in [-0.39, 0.29) is 10.8 Å². The number of hydrogen-bond donors (Lipinski definition) is 2. The summed E-state index contributed by atoms with van der Waals surface area (Å²) in [5, 5.41) is 12.6. The number of imidazole rings is 1. The molecule has 0 fully saturated rings. The summed E-state index contributed by atoms with van der Waals surface area (Å²) in [6, 6.07) is 4.54. The Kier molecular flexibility index (Phi) is 4.06. The van der Waals surface area contributed by atoms with Crippen molar-refractivity contribution in [1.82, 2.24) is 19.5 Å². The number of carboxylic acid groups (broad SMARTS) is 1. The average Bonchev–Trinajstić information content (AvgIpc) is 2.91. The summed E-state index contributed by atoms with van der Waals surface area (Å²) in [7, 11) is 1.71. The number of anilines is 1. The van der Waals surface area contributed by atoms with Crippen molar-refractivity contribution in [3.63, 3.8) is 0 Å². The Labute approximate surface area is 140 Å². The van der Waals surface area contributed by atoms with E-state index in [9.17, 15) is 4.79 Å². The SMILES string of the molecule is CNc1nc(Cl)nc2c1ncn2Cc1cc(C(=O)O)ccc1Cl. The number of fused-ring (bicyclic) bond motifs is 1. The normalized spacial score (nSPS) is 10.9. The van der Waals surface area contributed by atoms with E-state index in [1.54, 1.807) is 24.0 Å². The molecule has 0 unspecified atom stereocenters. The molecule has 2 N–H and O–H groups in total. The Morgan fingerprint density at radius 3 is 2.83 bits per heavy atom. The Hall–Kier alpha value is -2.38. The Morgan fingerprint density at radius 1 is 1.35 bits per heavy atom. The number of carboxylic acids is 1. The molecule has 0 saturated heterocycles. The fraction of sp³-hybridized carbons (Fsp3) is 0.143. The maximum Gasteiger partial charge on any atom is 0.335 e. The molecular formula is C14H11Cl2N5O2. The predicted octanol–water partition coefficient (Wildman–Crippen LogP) is 2.92. The van der Waals surface area contributed by atoms with Crippen LogP contribution in [0.3, 0.4) is 0 Å². The van der Waals surface area contributed by atoms with Crippen LogP contribution in [0.4, 0.5) is 5.82 Å². The summed E-state index contributed by atoms with van der Waals surface area (Å²) in [6.45, 7) is 0.312. The lowest BCUT2D eigenvalue weighted by atomic mass is 10.1. The molecule has 0 spiro atoms. The minimum Gasteiger partial charge on any atom is -0.478 e. The van der Waals surface area contributed by atoms with Gasteiger partial charge in [0.25, 0.3) is 0 Å². The highest BCUT2D eigenvalue weighted by Gasteiger charge is 2.14. The minimum atomic E-state index is -1.01. The second kappa shape index (κ2) is 6.02. The van der Waals surface area contributed by atoms with Gasteiger partial charge in [-0.1, -0.05) is 11.6 Å². The maximum atomic E-state index is 11.1. The fourth-order valence-corrected chi connectivity index (χ4v) is 2.56. The number of halogens is 2. The third kappa shape index (κ3) is 2.93. The lowest BCUT2D eigenvalue weighted by molar-refractivity contribution is 0.0697. The third-order valence-electron chi connectivity index (χ3n) is 3.31. The standard InChI is InChI=1S/C14H11Cl2N5O2/c1-17-11-10-12(20-14(16)19-11)21(6-18-10)5-8-4-7(13(22)23)2-3-9(8)15/h2-4,6H,5H2,1H3,(H,22,23)(H,17,19,20). The van der Waals surface area contributed by atoms with Crippen LogP contribution in [0.15, 0.2) is 24.5 Å². The number of carbonyl (C=O) groups is 1. The molecule has 0 saturated carbocycles. The molecular weight excluding hydrogens is 341 g/mol. The molecule has 9 heteroatoms. The molecule has 0 radical (unpaired) electrons. The third-order valence-corrected chi connectivity index (χ3v) is 3.84. The second-order valence-corrected chi connectivity index (χ2v) is 5.49. The monoisotopic (exact) mass is 351 g/mol. The highest BCUT2D eigenvalue weighted by atomic mass is 35.5. The molecule has 0 bridgehead atoms. The largest absolute Gasteiger partial charge is 0.478 e. The van der Waals surface area contributed by atoms with Gasteiger partial charge in [-0.25, -0.2) is 9.78 Å². The number of aromatic carboxylic acids is 1. The lowest BCUT2D eigenvalue weighted by Crippen LogP contribution is -2.04. The molecule has 0 aliphatic heterocycles. The first kappa shape index (κ1) is 15.5. The lowest BCUT2D eigenvalue weighted by Gasteiger charge is -2.08. The Bertz CT molecular complexity index is 910. The van der Waals surface area contributed by atoms with Crippen LogP contribution in [0, 0.1) is 0 Å². The van der Waals surface area contributed by atoms with E-state index in [0.29, 0.717) is 34.1 Å². The summed E-state index contributed by atoms with van der Waals surface area (Å²) < 4.78 is 1.73. The van der Waals surface area contributed by atoms with Gasteiger partial charge in [0.15, 0.2) is 17.0 Å². The van der Waals surface area contributed by atoms with Crippen molar-refractivity contribution in [3.8, 4) is 0 Å². The topological polar surface area (TPSA) is 92.9 Å². The van der Waals surface area contributed by atoms with Crippen LogP contribution < -0.4 is 5.32 Å². The highest BCUT2D eigenvalue weighted by Crippen LogP contribution is 2.24. The zero-order chi connectivity index (χ0) is 16.6. The number of rotatable bonds is 4. The van der Waals surface area contributed by atoms with E-state index in [4.69, 9.17) is 28.3 Å². The Balaban J connectivity index is 2.07. The van der Waals surface area contributed by atoms with Crippen LogP contribution in [0.1, 0.15) is 15.9 Å². The number of benzene rings is 1.